The number of hydrogen-bond donors (Lipinski definition) is 4. The summed E-state index contributed by atoms with van der Waals surface area (Å²) in [5.74, 6) is -3.50. The highest BCUT2D eigenvalue weighted by Crippen LogP contribution is 2.25. The van der Waals surface area contributed by atoms with Gasteiger partial charge in [0.1, 0.15) is 11.4 Å². The van der Waals surface area contributed by atoms with Crippen LogP contribution in [-0.4, -0.2) is 38.1 Å². The molecule has 0 atom stereocenters. The topological polar surface area (TPSA) is 129 Å². The Morgan fingerprint density at radius 3 is 2.55 bits per heavy atom. The smallest absolute Gasteiger partial charge is 0.305 e. The van der Waals surface area contributed by atoms with Crippen molar-refractivity contribution in [3.63, 3.8) is 0 Å². The highest BCUT2D eigenvalue weighted by molar-refractivity contribution is 5.97. The summed E-state index contributed by atoms with van der Waals surface area (Å²) in [6.45, 7) is -0.266. The predicted octanol–water partition coefficient (Wildman–Crippen LogP) is 4.22. The van der Waals surface area contributed by atoms with Crippen molar-refractivity contribution in [3.8, 4) is 0 Å². The predicted molar refractivity (Wildman–Crippen MR) is 146 cm³/mol. The molecule has 0 radical (unpaired) electrons. The number of carbonyl (C=O) groups excluding carboxylic acids is 1. The number of fused-ring (bicyclic) bond motifs is 2. The number of hydrogen-bond acceptors (Lipinski definition) is 5. The zero-order chi connectivity index (χ0) is 28.2. The third kappa shape index (κ3) is 5.53. The lowest BCUT2D eigenvalue weighted by molar-refractivity contribution is -0.136. The Morgan fingerprint density at radius 1 is 1.05 bits per heavy atom. The van der Waals surface area contributed by atoms with Crippen molar-refractivity contribution in [3.05, 3.63) is 105 Å². The molecule has 2 aromatic heterocycles. The summed E-state index contributed by atoms with van der Waals surface area (Å²) in [4.78, 5) is 44.2. The fraction of sp³-hybridized carbons (Fsp3) is 0.172. The number of benzene rings is 3. The van der Waals surface area contributed by atoms with Gasteiger partial charge in [-0.1, -0.05) is 42.5 Å². The van der Waals surface area contributed by atoms with E-state index in [0.29, 0.717) is 17.9 Å². The molecule has 1 amide bonds. The van der Waals surface area contributed by atoms with Crippen molar-refractivity contribution < 1.29 is 23.5 Å². The van der Waals surface area contributed by atoms with Crippen molar-refractivity contribution in [1.29, 1.82) is 0 Å². The van der Waals surface area contributed by atoms with E-state index >= 15 is 8.78 Å². The van der Waals surface area contributed by atoms with Gasteiger partial charge in [-0.15, -0.1) is 0 Å². The van der Waals surface area contributed by atoms with Crippen LogP contribution in [0.25, 0.3) is 21.9 Å². The van der Waals surface area contributed by atoms with Crippen LogP contribution < -0.4 is 16.1 Å². The number of amides is 1. The van der Waals surface area contributed by atoms with Crippen molar-refractivity contribution in [2.24, 2.45) is 0 Å². The molecule has 4 N–H and O–H groups in total. The number of aliphatic carboxylic acids is 1. The van der Waals surface area contributed by atoms with Crippen LogP contribution in [0.15, 0.2) is 71.7 Å². The Hall–Kier alpha value is -5.06. The lowest BCUT2D eigenvalue weighted by Crippen LogP contribution is -2.31. The van der Waals surface area contributed by atoms with Crippen molar-refractivity contribution in [1.82, 2.24) is 19.9 Å². The normalized spacial score (nSPS) is 11.2. The summed E-state index contributed by atoms with van der Waals surface area (Å²) in [6, 6.07) is 17.6. The lowest BCUT2D eigenvalue weighted by Gasteiger charge is -2.17. The van der Waals surface area contributed by atoms with Gasteiger partial charge in [0, 0.05) is 31.4 Å². The molecule has 0 aliphatic heterocycles. The molecule has 3 aromatic carbocycles. The second-order valence-electron chi connectivity index (χ2n) is 9.20. The van der Waals surface area contributed by atoms with Gasteiger partial charge in [0.2, 0.25) is 11.4 Å². The number of halogens is 2. The van der Waals surface area contributed by atoms with E-state index in [9.17, 15) is 14.4 Å². The molecule has 5 rings (SSSR count). The number of para-hydroxylation sites is 2. The lowest BCUT2D eigenvalue weighted by atomic mass is 10.0. The number of rotatable bonds is 10. The zero-order valence-corrected chi connectivity index (χ0v) is 21.2. The molecular formula is C29H25F2N5O4. The molecule has 9 nitrogen and oxygen atoms in total. The summed E-state index contributed by atoms with van der Waals surface area (Å²) < 4.78 is 32.7. The Labute approximate surface area is 226 Å². The maximum absolute atomic E-state index is 16.0. The molecule has 0 saturated heterocycles. The molecule has 0 bridgehead atoms. The average Bonchev–Trinajstić information content (AvgIpc) is 3.36. The number of aromatic amines is 1. The monoisotopic (exact) mass is 545 g/mol. The van der Waals surface area contributed by atoms with E-state index in [1.54, 1.807) is 6.07 Å². The number of imidazole rings is 1. The van der Waals surface area contributed by atoms with E-state index in [1.807, 2.05) is 48.5 Å². The molecule has 204 valence electrons. The number of aromatic nitrogens is 3. The van der Waals surface area contributed by atoms with Crippen LogP contribution in [0.3, 0.4) is 0 Å². The minimum absolute atomic E-state index is 0.133. The molecule has 0 aliphatic rings. The number of H-pyrrole nitrogens is 1. The van der Waals surface area contributed by atoms with E-state index in [1.165, 1.54) is 10.8 Å². The van der Waals surface area contributed by atoms with Crippen molar-refractivity contribution in [2.45, 2.75) is 25.9 Å². The maximum Gasteiger partial charge on any atom is 0.305 e. The van der Waals surface area contributed by atoms with Crippen LogP contribution in [-0.2, 0) is 24.3 Å². The first-order valence-corrected chi connectivity index (χ1v) is 12.6. The second kappa shape index (κ2) is 11.4. The van der Waals surface area contributed by atoms with Crippen molar-refractivity contribution in [2.75, 3.05) is 11.9 Å². The van der Waals surface area contributed by atoms with Gasteiger partial charge in [-0.25, -0.2) is 13.8 Å². The van der Waals surface area contributed by atoms with E-state index in [2.05, 4.69) is 20.6 Å². The van der Waals surface area contributed by atoms with Gasteiger partial charge in [0.25, 0.3) is 5.91 Å². The zero-order valence-electron chi connectivity index (χ0n) is 21.2. The second-order valence-corrected chi connectivity index (χ2v) is 9.20. The number of nitrogens with zero attached hydrogens (tertiary/aromatic N) is 2. The van der Waals surface area contributed by atoms with Crippen LogP contribution in [0.4, 0.5) is 14.7 Å². The van der Waals surface area contributed by atoms with E-state index in [-0.39, 0.29) is 48.1 Å². The SMILES string of the molecule is O=C(O)CCNC(=O)c1cn(CCc2ccccc2)c2c(F)c(CNc3nc4ccccc4[nH]3)c(F)cc2c1=O. The summed E-state index contributed by atoms with van der Waals surface area (Å²) in [6.07, 6.45) is 1.34. The van der Waals surface area contributed by atoms with Gasteiger partial charge >= 0.3 is 5.97 Å². The molecule has 0 unspecified atom stereocenters. The summed E-state index contributed by atoms with van der Waals surface area (Å²) in [5.41, 5.74) is 0.773. The molecule has 2 heterocycles. The van der Waals surface area contributed by atoms with Gasteiger partial charge in [-0.05, 0) is 30.2 Å². The molecular weight excluding hydrogens is 520 g/mol. The largest absolute Gasteiger partial charge is 0.481 e. The Bertz CT molecular complexity index is 1750. The Balaban J connectivity index is 1.53. The van der Waals surface area contributed by atoms with E-state index in [4.69, 9.17) is 5.11 Å². The summed E-state index contributed by atoms with van der Waals surface area (Å²) in [7, 11) is 0. The highest BCUT2D eigenvalue weighted by Gasteiger charge is 2.22. The highest BCUT2D eigenvalue weighted by atomic mass is 19.1. The third-order valence-electron chi connectivity index (χ3n) is 6.52. The third-order valence-corrected chi connectivity index (χ3v) is 6.52. The van der Waals surface area contributed by atoms with Crippen LogP contribution in [0.2, 0.25) is 0 Å². The first-order valence-electron chi connectivity index (χ1n) is 12.6. The fourth-order valence-electron chi connectivity index (χ4n) is 4.51. The minimum Gasteiger partial charge on any atom is -0.481 e. The molecule has 5 aromatic rings. The number of pyridine rings is 1. The number of carbonyl (C=O) groups is 2. The van der Waals surface area contributed by atoms with Crippen LogP contribution in [0, 0.1) is 11.6 Å². The standard InChI is InChI=1S/C29H25F2N5O4/c30-21-14-18-26(25(31)19(21)15-33-29-34-22-8-4-5-9-23(22)35-29)36(13-11-17-6-2-1-3-7-17)16-20(27(18)39)28(40)32-12-10-24(37)38/h1-9,14,16H,10-13,15H2,(H,32,40)(H,37,38)(H2,33,34,35). The minimum atomic E-state index is -1.12. The molecule has 40 heavy (non-hydrogen) atoms. The van der Waals surface area contributed by atoms with Gasteiger partial charge in [0.05, 0.1) is 28.4 Å². The van der Waals surface area contributed by atoms with E-state index < -0.39 is 28.9 Å². The van der Waals surface area contributed by atoms with E-state index in [0.717, 1.165) is 17.1 Å². The first-order chi connectivity index (χ1) is 19.3. The molecule has 0 fully saturated rings. The van der Waals surface area contributed by atoms with Crippen LogP contribution in [0.5, 0.6) is 0 Å². The van der Waals surface area contributed by atoms with Gasteiger partial charge in [-0.3, -0.25) is 14.4 Å². The summed E-state index contributed by atoms with van der Waals surface area (Å²) in [5, 5.41) is 13.8. The van der Waals surface area contributed by atoms with Crippen LogP contribution >= 0.6 is 0 Å². The van der Waals surface area contributed by atoms with Crippen LogP contribution in [0.1, 0.15) is 27.9 Å². The van der Waals surface area contributed by atoms with Gasteiger partial charge < -0.3 is 25.3 Å². The molecule has 0 spiro atoms. The first kappa shape index (κ1) is 26.5. The Kier molecular flexibility index (Phi) is 7.54. The average molecular weight is 546 g/mol. The number of carboxylic acid groups (broad SMARTS) is 1. The molecule has 11 heteroatoms. The number of carboxylic acids is 1. The number of aryl methyl sites for hydroxylation is 2. The Morgan fingerprint density at radius 2 is 1.80 bits per heavy atom. The van der Waals surface area contributed by atoms with Gasteiger partial charge in [-0.2, -0.15) is 0 Å². The molecule has 0 saturated carbocycles. The van der Waals surface area contributed by atoms with Gasteiger partial charge in [0.15, 0.2) is 5.82 Å². The van der Waals surface area contributed by atoms with Crippen molar-refractivity contribution >= 4 is 39.8 Å². The quantitative estimate of drug-likeness (QED) is 0.208. The number of anilines is 1. The molecule has 0 aliphatic carbocycles. The summed E-state index contributed by atoms with van der Waals surface area (Å²) >= 11 is 0. The maximum atomic E-state index is 16.0. The fourth-order valence-corrected chi connectivity index (χ4v) is 4.51. The number of nitrogens with one attached hydrogen (secondary N) is 3.